The molecule has 170 valence electrons. The molecule has 0 unspecified atom stereocenters. The Kier molecular flexibility index (Phi) is 6.63. The van der Waals surface area contributed by atoms with Gasteiger partial charge in [-0.25, -0.2) is 8.42 Å². The third kappa shape index (κ3) is 4.99. The second-order valence-electron chi connectivity index (χ2n) is 7.18. The summed E-state index contributed by atoms with van der Waals surface area (Å²) in [5.74, 6) is -0.0909. The molecule has 0 saturated carbocycles. The fourth-order valence-corrected chi connectivity index (χ4v) is 6.45. The highest BCUT2D eigenvalue weighted by molar-refractivity contribution is 8.04. The summed E-state index contributed by atoms with van der Waals surface area (Å²) in [6, 6.07) is 14.6. The maximum Gasteiger partial charge on any atom is 0.262 e. The van der Waals surface area contributed by atoms with E-state index in [1.165, 1.54) is 31.0 Å². The SMILES string of the molecule is COc1ccc(/C=C2\Sc3cc(S(=O)(=O)Cc4c(Cl)cccc4Cl)ccc3NC2=O)cc1N. The number of carbonyl (C=O) groups excluding carboxylic acids is 1. The maximum absolute atomic E-state index is 13.1. The number of nitrogens with one attached hydrogen (secondary N) is 1. The lowest BCUT2D eigenvalue weighted by Crippen LogP contribution is -2.17. The van der Waals surface area contributed by atoms with Crippen LogP contribution in [0, 0.1) is 0 Å². The van der Waals surface area contributed by atoms with E-state index in [4.69, 9.17) is 33.7 Å². The first-order chi connectivity index (χ1) is 15.7. The number of amides is 1. The third-order valence-electron chi connectivity index (χ3n) is 4.95. The average Bonchev–Trinajstić information content (AvgIpc) is 2.77. The molecular formula is C23H18Cl2N2O4S2. The number of nitrogen functional groups attached to an aromatic ring is 1. The molecule has 0 spiro atoms. The summed E-state index contributed by atoms with van der Waals surface area (Å²) in [5.41, 5.74) is 7.99. The van der Waals surface area contributed by atoms with Gasteiger partial charge in [0.25, 0.3) is 5.91 Å². The molecule has 1 aliphatic rings. The van der Waals surface area contributed by atoms with Crippen molar-refractivity contribution in [3.63, 3.8) is 0 Å². The molecule has 1 aliphatic heterocycles. The summed E-state index contributed by atoms with van der Waals surface area (Å²) >= 11 is 13.5. The molecule has 1 amide bonds. The Morgan fingerprint density at radius 1 is 1.09 bits per heavy atom. The maximum atomic E-state index is 13.1. The Morgan fingerprint density at radius 2 is 1.82 bits per heavy atom. The van der Waals surface area contributed by atoms with Crippen molar-refractivity contribution in [2.45, 2.75) is 15.5 Å². The first kappa shape index (κ1) is 23.5. The van der Waals surface area contributed by atoms with Crippen LogP contribution in [0.3, 0.4) is 0 Å². The van der Waals surface area contributed by atoms with Gasteiger partial charge in [0.05, 0.1) is 34.0 Å². The lowest BCUT2D eigenvalue weighted by molar-refractivity contribution is -0.112. The minimum atomic E-state index is -3.74. The Labute approximate surface area is 205 Å². The average molecular weight is 521 g/mol. The second kappa shape index (κ2) is 9.30. The highest BCUT2D eigenvalue weighted by Crippen LogP contribution is 2.41. The largest absolute Gasteiger partial charge is 0.495 e. The number of carbonyl (C=O) groups is 1. The predicted octanol–water partition coefficient (Wildman–Crippen LogP) is 5.64. The number of methoxy groups -OCH3 is 1. The van der Waals surface area contributed by atoms with Crippen molar-refractivity contribution >= 4 is 68.2 Å². The number of rotatable bonds is 5. The van der Waals surface area contributed by atoms with Crippen LogP contribution in [0.25, 0.3) is 6.08 Å². The molecule has 6 nitrogen and oxygen atoms in total. The van der Waals surface area contributed by atoms with E-state index in [0.717, 1.165) is 0 Å². The molecule has 3 aromatic carbocycles. The predicted molar refractivity (Wildman–Crippen MR) is 134 cm³/mol. The van der Waals surface area contributed by atoms with Crippen molar-refractivity contribution in [1.29, 1.82) is 0 Å². The molecule has 0 fully saturated rings. The third-order valence-corrected chi connectivity index (χ3v) is 8.38. The van der Waals surface area contributed by atoms with E-state index in [-0.39, 0.29) is 26.6 Å². The van der Waals surface area contributed by atoms with Gasteiger partial charge in [-0.1, -0.05) is 47.1 Å². The molecule has 3 aromatic rings. The van der Waals surface area contributed by atoms with Crippen LogP contribution in [-0.2, 0) is 20.4 Å². The quantitative estimate of drug-likeness (QED) is 0.333. The van der Waals surface area contributed by atoms with Crippen LogP contribution in [0.1, 0.15) is 11.1 Å². The molecule has 33 heavy (non-hydrogen) atoms. The van der Waals surface area contributed by atoms with Gasteiger partial charge in [-0.3, -0.25) is 4.79 Å². The number of thioether (sulfide) groups is 1. The van der Waals surface area contributed by atoms with Gasteiger partial charge in [-0.15, -0.1) is 0 Å². The Morgan fingerprint density at radius 3 is 2.48 bits per heavy atom. The van der Waals surface area contributed by atoms with Crippen LogP contribution in [0.15, 0.2) is 69.3 Å². The van der Waals surface area contributed by atoms with Gasteiger partial charge in [-0.2, -0.15) is 0 Å². The standard InChI is InChI=1S/C23H18Cl2N2O4S2/c1-31-20-8-5-13(9-18(20)26)10-22-23(28)27-19-7-6-14(11-21(19)32-22)33(29,30)12-15-16(24)3-2-4-17(15)25/h2-11H,12,26H2,1H3,(H,27,28)/b22-10-. The van der Waals surface area contributed by atoms with Crippen molar-refractivity contribution in [3.8, 4) is 5.75 Å². The van der Waals surface area contributed by atoms with E-state index >= 15 is 0 Å². The monoisotopic (exact) mass is 520 g/mol. The van der Waals surface area contributed by atoms with E-state index in [0.29, 0.717) is 38.1 Å². The van der Waals surface area contributed by atoms with Crippen LogP contribution in [0.5, 0.6) is 5.75 Å². The van der Waals surface area contributed by atoms with Gasteiger partial charge in [-0.05, 0) is 54.1 Å². The molecular weight excluding hydrogens is 503 g/mol. The highest BCUT2D eigenvalue weighted by Gasteiger charge is 2.25. The number of sulfone groups is 1. The van der Waals surface area contributed by atoms with E-state index in [1.807, 2.05) is 0 Å². The number of anilines is 2. The topological polar surface area (TPSA) is 98.5 Å². The molecule has 0 atom stereocenters. The van der Waals surface area contributed by atoms with Crippen LogP contribution in [0.2, 0.25) is 10.0 Å². The fraction of sp³-hybridized carbons (Fsp3) is 0.0870. The zero-order valence-electron chi connectivity index (χ0n) is 17.3. The number of hydrogen-bond donors (Lipinski definition) is 2. The molecule has 0 radical (unpaired) electrons. The number of nitrogens with two attached hydrogens (primary N) is 1. The van der Waals surface area contributed by atoms with Crippen LogP contribution in [-0.4, -0.2) is 21.4 Å². The minimum Gasteiger partial charge on any atom is -0.495 e. The lowest BCUT2D eigenvalue weighted by Gasteiger charge is -2.20. The van der Waals surface area contributed by atoms with Crippen LogP contribution < -0.4 is 15.8 Å². The molecule has 1 heterocycles. The highest BCUT2D eigenvalue weighted by atomic mass is 35.5. The van der Waals surface area contributed by atoms with Crippen molar-refractivity contribution in [2.24, 2.45) is 0 Å². The normalized spacial score (nSPS) is 14.6. The van der Waals surface area contributed by atoms with Gasteiger partial charge in [0.2, 0.25) is 0 Å². The molecule has 0 aliphatic carbocycles. The van der Waals surface area contributed by atoms with E-state index in [1.54, 1.807) is 48.5 Å². The summed E-state index contributed by atoms with van der Waals surface area (Å²) in [6.07, 6.45) is 1.68. The van der Waals surface area contributed by atoms with Gasteiger partial charge < -0.3 is 15.8 Å². The van der Waals surface area contributed by atoms with Crippen molar-refractivity contribution < 1.29 is 17.9 Å². The first-order valence-electron chi connectivity index (χ1n) is 9.62. The lowest BCUT2D eigenvalue weighted by atomic mass is 10.1. The second-order valence-corrected chi connectivity index (χ2v) is 11.1. The van der Waals surface area contributed by atoms with Gasteiger partial charge in [0.1, 0.15) is 5.75 Å². The summed E-state index contributed by atoms with van der Waals surface area (Å²) in [5, 5.41) is 3.37. The summed E-state index contributed by atoms with van der Waals surface area (Å²) in [4.78, 5) is 13.7. The van der Waals surface area contributed by atoms with E-state index < -0.39 is 9.84 Å². The first-order valence-corrected chi connectivity index (χ1v) is 12.8. The van der Waals surface area contributed by atoms with E-state index in [9.17, 15) is 13.2 Å². The Bertz CT molecular complexity index is 1390. The zero-order valence-corrected chi connectivity index (χ0v) is 20.4. The van der Waals surface area contributed by atoms with Crippen LogP contribution in [0.4, 0.5) is 11.4 Å². The van der Waals surface area contributed by atoms with Gasteiger partial charge in [0.15, 0.2) is 9.84 Å². The molecule has 4 rings (SSSR count). The van der Waals surface area contributed by atoms with E-state index in [2.05, 4.69) is 5.32 Å². The van der Waals surface area contributed by atoms with Gasteiger partial charge in [0, 0.05) is 20.5 Å². The molecule has 0 bridgehead atoms. The van der Waals surface area contributed by atoms with Gasteiger partial charge >= 0.3 is 0 Å². The molecule has 0 aromatic heterocycles. The van der Waals surface area contributed by atoms with Crippen molar-refractivity contribution in [1.82, 2.24) is 0 Å². The number of ether oxygens (including phenoxy) is 1. The van der Waals surface area contributed by atoms with Crippen molar-refractivity contribution in [3.05, 3.63) is 80.7 Å². The van der Waals surface area contributed by atoms with Crippen LogP contribution >= 0.6 is 35.0 Å². The molecule has 0 saturated heterocycles. The molecule has 3 N–H and O–H groups in total. The minimum absolute atomic E-state index is 0.105. The fourth-order valence-electron chi connectivity index (χ4n) is 3.27. The summed E-state index contributed by atoms with van der Waals surface area (Å²) < 4.78 is 31.3. The summed E-state index contributed by atoms with van der Waals surface area (Å²) in [6.45, 7) is 0. The smallest absolute Gasteiger partial charge is 0.262 e. The number of benzene rings is 3. The number of hydrogen-bond acceptors (Lipinski definition) is 6. The number of halogens is 2. The molecule has 10 heteroatoms. The number of fused-ring (bicyclic) bond motifs is 1. The van der Waals surface area contributed by atoms with Crippen molar-refractivity contribution in [2.75, 3.05) is 18.2 Å². The zero-order chi connectivity index (χ0) is 23.8. The Hall–Kier alpha value is -2.65. The Balaban J connectivity index is 1.65. The summed E-state index contributed by atoms with van der Waals surface area (Å²) in [7, 11) is -2.22.